The molecule has 1 aliphatic rings. The molecule has 0 aliphatic carbocycles. The third kappa shape index (κ3) is 9.75. The zero-order valence-corrected chi connectivity index (χ0v) is 27.3. The first-order valence-electron chi connectivity index (χ1n) is 13.7. The Kier molecular flexibility index (Phi) is 12.8. The van der Waals surface area contributed by atoms with E-state index in [1.165, 1.54) is 20.2 Å². The monoisotopic (exact) mass is 676 g/mol. The zero-order chi connectivity index (χ0) is 32.5. The van der Waals surface area contributed by atoms with Crippen molar-refractivity contribution in [3.8, 4) is 0 Å². The van der Waals surface area contributed by atoms with Crippen LogP contribution in [0.25, 0.3) is 0 Å². The van der Waals surface area contributed by atoms with E-state index >= 15 is 0 Å². The van der Waals surface area contributed by atoms with E-state index in [0.29, 0.717) is 6.42 Å². The number of alkyl halides is 1. The van der Waals surface area contributed by atoms with Crippen molar-refractivity contribution in [1.29, 1.82) is 0 Å². The number of H-pyrrole nitrogens is 1. The van der Waals surface area contributed by atoms with Crippen LogP contribution < -0.4 is 21.7 Å². The number of nitrogens with one attached hydrogen (secondary N) is 3. The zero-order valence-electron chi connectivity index (χ0n) is 24.8. The predicted octanol–water partition coefficient (Wildman–Crippen LogP) is 2.76. The van der Waals surface area contributed by atoms with E-state index in [2.05, 4.69) is 20.1 Å². The quantitative estimate of drug-likeness (QED) is 0.123. The van der Waals surface area contributed by atoms with Crippen LogP contribution >= 0.6 is 31.1 Å². The number of alkyl carbamates (subject to hydrolysis) is 1. The molecule has 44 heavy (non-hydrogen) atoms. The third-order valence-corrected chi connectivity index (χ3v) is 10.0. The van der Waals surface area contributed by atoms with Gasteiger partial charge in [-0.25, -0.2) is 19.2 Å². The molecule has 17 heteroatoms. The van der Waals surface area contributed by atoms with Crippen LogP contribution in [0.5, 0.6) is 0 Å². The first-order chi connectivity index (χ1) is 20.7. The number of carbonyl (C=O) groups excluding carboxylic acids is 2. The number of aliphatic hydroxyl groups is 1. The molecule has 14 nitrogen and oxygen atoms in total. The lowest BCUT2D eigenvalue weighted by molar-refractivity contribution is -0.118. The normalized spacial score (nSPS) is 23.2. The Morgan fingerprint density at radius 3 is 2.59 bits per heavy atom. The number of ether oxygens (including phenoxy) is 2. The predicted molar refractivity (Wildman–Crippen MR) is 165 cm³/mol. The molecule has 0 saturated carbocycles. The third-order valence-electron chi connectivity index (χ3n) is 6.88. The maximum atomic E-state index is 13.8. The number of benzene rings is 1. The molecule has 1 aliphatic heterocycles. The van der Waals surface area contributed by atoms with Crippen molar-refractivity contribution in [1.82, 2.24) is 20.0 Å². The SMILES string of the molecule is COC(=O)NCCC(C)(C)C(=O)SCCO[P@@](=O)(NCc1ccccc1)OC[C@H]1O[C@@H](n2ccc(=O)[nH]c2=O)[C@](C)(Cl)[C@@H]1O. The minimum Gasteiger partial charge on any atom is -0.453 e. The van der Waals surface area contributed by atoms with Gasteiger partial charge in [0.25, 0.3) is 5.56 Å². The van der Waals surface area contributed by atoms with Crippen LogP contribution in [0.15, 0.2) is 52.2 Å². The van der Waals surface area contributed by atoms with E-state index < -0.39 is 60.4 Å². The number of hydrogen-bond donors (Lipinski definition) is 4. The van der Waals surface area contributed by atoms with Gasteiger partial charge in [0, 0.05) is 36.5 Å². The Labute approximate surface area is 263 Å². The van der Waals surface area contributed by atoms with E-state index in [1.54, 1.807) is 13.8 Å². The van der Waals surface area contributed by atoms with Gasteiger partial charge in [-0.1, -0.05) is 55.9 Å². The number of amides is 1. The molecule has 0 spiro atoms. The van der Waals surface area contributed by atoms with Crippen molar-refractivity contribution in [2.24, 2.45) is 5.41 Å². The first kappa shape index (κ1) is 36.0. The summed E-state index contributed by atoms with van der Waals surface area (Å²) in [5.74, 6) is 0.159. The maximum Gasteiger partial charge on any atom is 0.406 e. The summed E-state index contributed by atoms with van der Waals surface area (Å²) in [6, 6.07) is 10.2. The van der Waals surface area contributed by atoms with Crippen molar-refractivity contribution in [3.63, 3.8) is 0 Å². The van der Waals surface area contributed by atoms with Crippen molar-refractivity contribution in [3.05, 3.63) is 69.0 Å². The highest BCUT2D eigenvalue weighted by Crippen LogP contribution is 2.47. The molecule has 2 aromatic rings. The molecule has 0 bridgehead atoms. The van der Waals surface area contributed by atoms with E-state index in [4.69, 9.17) is 25.4 Å². The standard InChI is InChI=1S/C27H38ClN4O10PS/c1-26(2,11-12-29-25(37)39-4)23(35)44-15-14-40-43(38,30-16-18-8-6-5-7-9-18)41-17-19-21(34)27(3,28)22(42-19)32-13-10-20(33)31-24(32)36/h5-10,13,19,21-22,34H,11-12,14-17H2,1-4H3,(H,29,37)(H,30,38)(H,31,33,36)/t19-,21-,22-,27-,43+/m1/s1. The number of methoxy groups -OCH3 is 1. The van der Waals surface area contributed by atoms with Crippen LogP contribution in [-0.2, 0) is 34.4 Å². The summed E-state index contributed by atoms with van der Waals surface area (Å²) in [5, 5.41) is 16.1. The molecular formula is C27H38ClN4O10PS. The lowest BCUT2D eigenvalue weighted by Crippen LogP contribution is -2.43. The van der Waals surface area contributed by atoms with Crippen molar-refractivity contribution >= 4 is 42.3 Å². The van der Waals surface area contributed by atoms with Gasteiger partial charge in [-0.2, -0.15) is 0 Å². The number of aromatic amines is 1. The molecule has 2 heterocycles. The van der Waals surface area contributed by atoms with Gasteiger partial charge in [-0.05, 0) is 18.9 Å². The average molecular weight is 677 g/mol. The number of thioether (sulfide) groups is 1. The second-order valence-electron chi connectivity index (χ2n) is 10.8. The average Bonchev–Trinajstić information content (AvgIpc) is 3.21. The fourth-order valence-corrected chi connectivity index (χ4v) is 6.76. The minimum absolute atomic E-state index is 0.122. The van der Waals surface area contributed by atoms with Gasteiger partial charge >= 0.3 is 19.5 Å². The number of hydrogen-bond acceptors (Lipinski definition) is 11. The summed E-state index contributed by atoms with van der Waals surface area (Å²) < 4.78 is 36.5. The highest BCUT2D eigenvalue weighted by atomic mass is 35.5. The lowest BCUT2D eigenvalue weighted by Gasteiger charge is -2.26. The number of halogens is 1. The topological polar surface area (TPSA) is 187 Å². The van der Waals surface area contributed by atoms with E-state index in [1.807, 2.05) is 30.3 Å². The molecule has 244 valence electrons. The Morgan fingerprint density at radius 1 is 1.23 bits per heavy atom. The first-order valence-corrected chi connectivity index (χ1v) is 16.6. The van der Waals surface area contributed by atoms with Gasteiger partial charge in [0.05, 0.1) is 20.3 Å². The van der Waals surface area contributed by atoms with Crippen LogP contribution in [0.3, 0.4) is 0 Å². The summed E-state index contributed by atoms with van der Waals surface area (Å²) in [7, 11) is -2.78. The molecule has 0 unspecified atom stereocenters. The second kappa shape index (κ2) is 15.7. The number of rotatable bonds is 15. The van der Waals surface area contributed by atoms with Crippen molar-refractivity contribution in [2.45, 2.75) is 57.0 Å². The fraction of sp³-hybridized carbons (Fsp3) is 0.556. The molecule has 4 N–H and O–H groups in total. The fourth-order valence-electron chi connectivity index (χ4n) is 4.19. The number of carbonyl (C=O) groups is 2. The Morgan fingerprint density at radius 2 is 1.93 bits per heavy atom. The van der Waals surface area contributed by atoms with Crippen molar-refractivity contribution in [2.75, 3.05) is 32.6 Å². The summed E-state index contributed by atoms with van der Waals surface area (Å²) in [4.78, 5) is 48.5. The molecule has 1 saturated heterocycles. The highest BCUT2D eigenvalue weighted by Gasteiger charge is 2.54. The Balaban J connectivity index is 1.63. The summed E-state index contributed by atoms with van der Waals surface area (Å²) >= 11 is 7.57. The van der Waals surface area contributed by atoms with Crippen LogP contribution in [0.1, 0.15) is 39.0 Å². The van der Waals surface area contributed by atoms with Crippen LogP contribution in [0.4, 0.5) is 4.79 Å². The maximum absolute atomic E-state index is 13.8. The molecular weight excluding hydrogens is 639 g/mol. The summed E-state index contributed by atoms with van der Waals surface area (Å²) in [6.45, 7) is 4.80. The molecule has 0 radical (unpaired) electrons. The smallest absolute Gasteiger partial charge is 0.406 e. The number of nitrogens with zero attached hydrogens (tertiary/aromatic N) is 1. The summed E-state index contributed by atoms with van der Waals surface area (Å²) in [5.41, 5.74) is -1.35. The van der Waals surface area contributed by atoms with Gasteiger partial charge in [0.2, 0.25) is 0 Å². The van der Waals surface area contributed by atoms with Crippen molar-refractivity contribution < 1.29 is 37.8 Å². The Hall–Kier alpha value is -2.49. The summed E-state index contributed by atoms with van der Waals surface area (Å²) in [6.07, 6.45) is -2.66. The molecule has 3 rings (SSSR count). The number of aromatic nitrogens is 2. The van der Waals surface area contributed by atoms with E-state index in [-0.39, 0.29) is 30.6 Å². The minimum atomic E-state index is -4.03. The van der Waals surface area contributed by atoms with Crippen LogP contribution in [0, 0.1) is 5.41 Å². The van der Waals surface area contributed by atoms with Crippen LogP contribution in [0.2, 0.25) is 0 Å². The van der Waals surface area contributed by atoms with Gasteiger partial charge in [0.15, 0.2) is 11.3 Å². The van der Waals surface area contributed by atoms with Gasteiger partial charge in [-0.3, -0.25) is 28.2 Å². The second-order valence-corrected chi connectivity index (χ2v) is 14.5. The van der Waals surface area contributed by atoms with E-state index in [0.717, 1.165) is 28.0 Å². The molecule has 1 aromatic heterocycles. The van der Waals surface area contributed by atoms with E-state index in [9.17, 15) is 28.8 Å². The Bertz CT molecular complexity index is 1440. The largest absolute Gasteiger partial charge is 0.453 e. The number of aliphatic hydroxyl groups excluding tert-OH is 1. The van der Waals surface area contributed by atoms with Crippen LogP contribution in [-0.4, -0.2) is 75.6 Å². The molecule has 5 atom stereocenters. The lowest BCUT2D eigenvalue weighted by atomic mass is 9.91. The molecule has 1 fully saturated rings. The van der Waals surface area contributed by atoms with Gasteiger partial charge in [-0.15, -0.1) is 11.6 Å². The molecule has 1 aromatic carbocycles. The van der Waals surface area contributed by atoms with Gasteiger partial charge in [0.1, 0.15) is 17.1 Å². The highest BCUT2D eigenvalue weighted by molar-refractivity contribution is 8.13. The molecule has 1 amide bonds. The van der Waals surface area contributed by atoms with Gasteiger partial charge < -0.3 is 19.9 Å².